The second kappa shape index (κ2) is 4.29. The Labute approximate surface area is 95.5 Å². The van der Waals surface area contributed by atoms with Crippen LogP contribution in [0.4, 0.5) is 0 Å². The van der Waals surface area contributed by atoms with Gasteiger partial charge in [-0.15, -0.1) is 0 Å². The van der Waals surface area contributed by atoms with Crippen molar-refractivity contribution in [3.8, 4) is 0 Å². The number of hydrogen-bond acceptors (Lipinski definition) is 2. The largest absolute Gasteiger partial charge is 0.477 e. The van der Waals surface area contributed by atoms with E-state index < -0.39 is 5.97 Å². The predicted molar refractivity (Wildman–Crippen MR) is 61.6 cm³/mol. The molecule has 16 heavy (non-hydrogen) atoms. The minimum atomic E-state index is -0.859. The third-order valence-corrected chi connectivity index (χ3v) is 3.50. The van der Waals surface area contributed by atoms with Gasteiger partial charge in [0.15, 0.2) is 0 Å². The van der Waals surface area contributed by atoms with Gasteiger partial charge >= 0.3 is 5.97 Å². The number of aromatic nitrogens is 1. The molecule has 1 aliphatic heterocycles. The van der Waals surface area contributed by atoms with Crippen molar-refractivity contribution < 1.29 is 9.90 Å². The Morgan fingerprint density at radius 3 is 2.50 bits per heavy atom. The van der Waals surface area contributed by atoms with Gasteiger partial charge in [-0.3, -0.25) is 4.90 Å². The van der Waals surface area contributed by atoms with Crippen LogP contribution in [0.3, 0.4) is 0 Å². The minimum Gasteiger partial charge on any atom is -0.477 e. The maximum absolute atomic E-state index is 10.9. The van der Waals surface area contributed by atoms with Crippen LogP contribution in [0.1, 0.15) is 42.0 Å². The van der Waals surface area contributed by atoms with Gasteiger partial charge in [0.1, 0.15) is 5.69 Å². The summed E-state index contributed by atoms with van der Waals surface area (Å²) in [6, 6.07) is 3.91. The van der Waals surface area contributed by atoms with Crippen molar-refractivity contribution in [2.24, 2.45) is 7.05 Å². The number of nitrogens with zero attached hydrogens (tertiary/aromatic N) is 2. The van der Waals surface area contributed by atoms with Crippen molar-refractivity contribution in [3.05, 3.63) is 23.5 Å². The molecule has 2 heterocycles. The Bertz CT molecular complexity index is 392. The minimum absolute atomic E-state index is 0.306. The first-order valence-corrected chi connectivity index (χ1v) is 5.74. The maximum Gasteiger partial charge on any atom is 0.352 e. The molecule has 0 amide bonds. The molecule has 1 aromatic rings. The van der Waals surface area contributed by atoms with Crippen LogP contribution in [0, 0.1) is 0 Å². The van der Waals surface area contributed by atoms with Gasteiger partial charge in [-0.05, 0) is 45.0 Å². The molecule has 2 rings (SSSR count). The molecule has 1 aliphatic rings. The summed E-state index contributed by atoms with van der Waals surface area (Å²) in [6.45, 7) is 4.38. The van der Waals surface area contributed by atoms with Crippen molar-refractivity contribution in [1.29, 1.82) is 0 Å². The summed E-state index contributed by atoms with van der Waals surface area (Å²) in [5.74, 6) is -0.859. The summed E-state index contributed by atoms with van der Waals surface area (Å²) in [7, 11) is 1.82. The number of likely N-dealkylation sites (tertiary alicyclic amines) is 1. The van der Waals surface area contributed by atoms with E-state index in [1.165, 1.54) is 12.8 Å². The molecule has 1 unspecified atom stereocenters. The second-order valence-electron chi connectivity index (χ2n) is 4.43. The number of hydrogen-bond donors (Lipinski definition) is 1. The molecule has 88 valence electrons. The quantitative estimate of drug-likeness (QED) is 0.849. The van der Waals surface area contributed by atoms with Crippen molar-refractivity contribution >= 4 is 5.97 Å². The highest BCUT2D eigenvalue weighted by Gasteiger charge is 2.22. The molecule has 0 saturated carbocycles. The van der Waals surface area contributed by atoms with Crippen LogP contribution in [0.15, 0.2) is 12.1 Å². The highest BCUT2D eigenvalue weighted by molar-refractivity contribution is 5.86. The topological polar surface area (TPSA) is 45.5 Å². The zero-order valence-electron chi connectivity index (χ0n) is 9.81. The maximum atomic E-state index is 10.9. The number of carboxylic acid groups (broad SMARTS) is 1. The molecule has 0 aliphatic carbocycles. The second-order valence-corrected chi connectivity index (χ2v) is 4.43. The van der Waals surface area contributed by atoms with E-state index in [1.54, 1.807) is 10.6 Å². The van der Waals surface area contributed by atoms with Crippen molar-refractivity contribution in [3.63, 3.8) is 0 Å². The van der Waals surface area contributed by atoms with Gasteiger partial charge in [0.25, 0.3) is 0 Å². The summed E-state index contributed by atoms with van der Waals surface area (Å²) < 4.78 is 1.78. The van der Waals surface area contributed by atoms with E-state index >= 15 is 0 Å². The van der Waals surface area contributed by atoms with E-state index in [-0.39, 0.29) is 0 Å². The lowest BCUT2D eigenvalue weighted by Crippen LogP contribution is -2.25. The molecular formula is C12H18N2O2. The smallest absolute Gasteiger partial charge is 0.352 e. The molecule has 1 aromatic heterocycles. The summed E-state index contributed by atoms with van der Waals surface area (Å²) >= 11 is 0. The van der Waals surface area contributed by atoms with Gasteiger partial charge in [-0.1, -0.05) is 0 Å². The third-order valence-electron chi connectivity index (χ3n) is 3.50. The van der Waals surface area contributed by atoms with Gasteiger partial charge in [0.2, 0.25) is 0 Å². The van der Waals surface area contributed by atoms with Crippen molar-refractivity contribution in [2.75, 3.05) is 13.1 Å². The number of rotatable bonds is 3. The highest BCUT2D eigenvalue weighted by atomic mass is 16.4. The average Bonchev–Trinajstić information content (AvgIpc) is 2.84. The van der Waals surface area contributed by atoms with E-state index in [0.29, 0.717) is 11.7 Å². The van der Waals surface area contributed by atoms with Crippen LogP contribution in [0.2, 0.25) is 0 Å². The summed E-state index contributed by atoms with van der Waals surface area (Å²) in [6.07, 6.45) is 2.50. The normalized spacial score (nSPS) is 18.9. The predicted octanol–water partition coefficient (Wildman–Crippen LogP) is 1.88. The summed E-state index contributed by atoms with van der Waals surface area (Å²) in [5, 5.41) is 8.99. The molecule has 1 atom stereocenters. The Hall–Kier alpha value is -1.29. The fourth-order valence-corrected chi connectivity index (χ4v) is 2.48. The Morgan fingerprint density at radius 2 is 2.00 bits per heavy atom. The average molecular weight is 222 g/mol. The highest BCUT2D eigenvalue weighted by Crippen LogP contribution is 2.25. The lowest BCUT2D eigenvalue weighted by Gasteiger charge is -2.24. The van der Waals surface area contributed by atoms with Crippen molar-refractivity contribution in [2.45, 2.75) is 25.8 Å². The van der Waals surface area contributed by atoms with Crippen LogP contribution in [-0.4, -0.2) is 33.6 Å². The first-order valence-electron chi connectivity index (χ1n) is 5.74. The molecule has 0 radical (unpaired) electrons. The van der Waals surface area contributed by atoms with Crippen LogP contribution in [0.5, 0.6) is 0 Å². The van der Waals surface area contributed by atoms with E-state index in [9.17, 15) is 4.79 Å². The Morgan fingerprint density at radius 1 is 1.38 bits per heavy atom. The van der Waals surface area contributed by atoms with Gasteiger partial charge in [-0.25, -0.2) is 4.79 Å². The molecule has 4 nitrogen and oxygen atoms in total. The first-order chi connectivity index (χ1) is 7.61. The van der Waals surface area contributed by atoms with Crippen LogP contribution >= 0.6 is 0 Å². The van der Waals surface area contributed by atoms with E-state index in [1.807, 2.05) is 13.1 Å². The molecule has 1 N–H and O–H groups in total. The van der Waals surface area contributed by atoms with Crippen molar-refractivity contribution in [1.82, 2.24) is 9.47 Å². The molecule has 4 heteroatoms. The standard InChI is InChI=1S/C12H18N2O2/c1-9(14-7-3-4-8-14)10-5-6-11(12(15)16)13(10)2/h5-6,9H,3-4,7-8H2,1-2H3,(H,15,16). The fourth-order valence-electron chi connectivity index (χ4n) is 2.48. The molecule has 0 spiro atoms. The van der Waals surface area contributed by atoms with E-state index in [4.69, 9.17) is 5.11 Å². The van der Waals surface area contributed by atoms with E-state index in [0.717, 1.165) is 18.8 Å². The summed E-state index contributed by atoms with van der Waals surface area (Å²) in [5.41, 5.74) is 1.44. The number of aromatic carboxylic acids is 1. The Balaban J connectivity index is 2.23. The lowest BCUT2D eigenvalue weighted by molar-refractivity contribution is 0.0685. The van der Waals surface area contributed by atoms with Gasteiger partial charge in [-0.2, -0.15) is 0 Å². The molecule has 0 bridgehead atoms. The first kappa shape index (κ1) is 11.2. The third kappa shape index (κ3) is 1.85. The summed E-state index contributed by atoms with van der Waals surface area (Å²) in [4.78, 5) is 13.3. The number of carbonyl (C=O) groups is 1. The SMILES string of the molecule is CC(c1ccc(C(=O)O)n1C)N1CCCC1. The van der Waals surface area contributed by atoms with E-state index in [2.05, 4.69) is 11.8 Å². The zero-order valence-corrected chi connectivity index (χ0v) is 9.81. The molecule has 0 aromatic carbocycles. The zero-order chi connectivity index (χ0) is 11.7. The Kier molecular flexibility index (Phi) is 3.01. The van der Waals surface area contributed by atoms with Crippen LogP contribution in [0.25, 0.3) is 0 Å². The number of carboxylic acids is 1. The van der Waals surface area contributed by atoms with Crippen LogP contribution < -0.4 is 0 Å². The van der Waals surface area contributed by atoms with Gasteiger partial charge < -0.3 is 9.67 Å². The lowest BCUT2D eigenvalue weighted by atomic mass is 10.2. The van der Waals surface area contributed by atoms with Crippen LogP contribution in [-0.2, 0) is 7.05 Å². The molecular weight excluding hydrogens is 204 g/mol. The van der Waals surface area contributed by atoms with Gasteiger partial charge in [0, 0.05) is 18.8 Å². The monoisotopic (exact) mass is 222 g/mol. The fraction of sp³-hybridized carbons (Fsp3) is 0.583. The van der Waals surface area contributed by atoms with Gasteiger partial charge in [0.05, 0.1) is 0 Å². The molecule has 1 fully saturated rings. The molecule has 1 saturated heterocycles.